The third-order valence-electron chi connectivity index (χ3n) is 4.00. The molecule has 2 atom stereocenters. The average molecular weight is 376 g/mol. The van der Waals surface area contributed by atoms with Crippen molar-refractivity contribution in [2.24, 2.45) is 0 Å². The first-order valence-electron chi connectivity index (χ1n) is 8.86. The van der Waals surface area contributed by atoms with Crippen LogP contribution in [0.25, 0.3) is 0 Å². The van der Waals surface area contributed by atoms with Crippen LogP contribution < -0.4 is 16.0 Å². The molecule has 0 heterocycles. The van der Waals surface area contributed by atoms with Crippen LogP contribution >= 0.6 is 0 Å². The Hall–Kier alpha value is -2.74. The minimum absolute atomic E-state index is 0.296. The molecular formula is C19H28N4O4. The summed E-state index contributed by atoms with van der Waals surface area (Å²) in [6, 6.07) is 7.36. The molecule has 0 aliphatic carbocycles. The standard InChI is InChI=1S/C19H28N4O4/c1-5-9-14(20-2)17(25)18(26)21-12-15(24)22-16(19(27)23(3)4)13-10-7-6-8-11-13/h6-8,10-11,14,16,20H,5,9,12H2,1-4H3,(H,21,26)(H,22,24)/t14-,16-/m0/s1. The number of hydrogen-bond acceptors (Lipinski definition) is 5. The summed E-state index contributed by atoms with van der Waals surface area (Å²) < 4.78 is 0. The van der Waals surface area contributed by atoms with Gasteiger partial charge in [0.15, 0.2) is 0 Å². The van der Waals surface area contributed by atoms with Crippen molar-refractivity contribution in [3.8, 4) is 0 Å². The molecule has 8 nitrogen and oxygen atoms in total. The highest BCUT2D eigenvalue weighted by atomic mass is 16.2. The minimum Gasteiger partial charge on any atom is -0.347 e. The van der Waals surface area contributed by atoms with Gasteiger partial charge >= 0.3 is 0 Å². The predicted molar refractivity (Wildman–Crippen MR) is 102 cm³/mol. The highest BCUT2D eigenvalue weighted by molar-refractivity contribution is 6.38. The van der Waals surface area contributed by atoms with Crippen LogP contribution in [0.2, 0.25) is 0 Å². The third kappa shape index (κ3) is 6.82. The summed E-state index contributed by atoms with van der Waals surface area (Å²) in [6.07, 6.45) is 1.28. The summed E-state index contributed by atoms with van der Waals surface area (Å²) in [6.45, 7) is 1.52. The van der Waals surface area contributed by atoms with E-state index in [-0.39, 0.29) is 5.91 Å². The summed E-state index contributed by atoms with van der Waals surface area (Å²) in [5.74, 6) is -2.30. The highest BCUT2D eigenvalue weighted by Crippen LogP contribution is 2.14. The van der Waals surface area contributed by atoms with Gasteiger partial charge in [-0.25, -0.2) is 0 Å². The van der Waals surface area contributed by atoms with E-state index in [9.17, 15) is 19.2 Å². The Kier molecular flexibility index (Phi) is 9.15. The van der Waals surface area contributed by atoms with E-state index in [1.807, 2.05) is 13.0 Å². The molecule has 0 bridgehead atoms. The fourth-order valence-electron chi connectivity index (χ4n) is 2.50. The molecule has 0 aliphatic heterocycles. The van der Waals surface area contributed by atoms with E-state index in [0.717, 1.165) is 6.42 Å². The quantitative estimate of drug-likeness (QED) is 0.499. The van der Waals surface area contributed by atoms with E-state index in [2.05, 4.69) is 16.0 Å². The van der Waals surface area contributed by atoms with Crippen molar-refractivity contribution in [2.75, 3.05) is 27.7 Å². The van der Waals surface area contributed by atoms with E-state index < -0.39 is 36.2 Å². The van der Waals surface area contributed by atoms with Crippen LogP contribution in [0.1, 0.15) is 31.4 Å². The topological polar surface area (TPSA) is 108 Å². The summed E-state index contributed by atoms with van der Waals surface area (Å²) in [5.41, 5.74) is 0.630. The van der Waals surface area contributed by atoms with Crippen molar-refractivity contribution in [2.45, 2.75) is 31.8 Å². The Balaban J connectivity index is 2.71. The van der Waals surface area contributed by atoms with Crippen molar-refractivity contribution >= 4 is 23.5 Å². The summed E-state index contributed by atoms with van der Waals surface area (Å²) in [4.78, 5) is 50.0. The lowest BCUT2D eigenvalue weighted by Gasteiger charge is -2.22. The number of nitrogens with zero attached hydrogens (tertiary/aromatic N) is 1. The maximum Gasteiger partial charge on any atom is 0.289 e. The van der Waals surface area contributed by atoms with Gasteiger partial charge in [-0.2, -0.15) is 0 Å². The molecule has 0 radical (unpaired) electrons. The average Bonchev–Trinajstić information content (AvgIpc) is 2.67. The second-order valence-electron chi connectivity index (χ2n) is 6.32. The van der Waals surface area contributed by atoms with Crippen LogP contribution in [0.15, 0.2) is 30.3 Å². The number of hydrogen-bond donors (Lipinski definition) is 3. The SMILES string of the molecule is CCC[C@H](NC)C(=O)C(=O)NCC(=O)N[C@H](C(=O)N(C)C)c1ccccc1. The molecule has 1 aromatic rings. The first-order chi connectivity index (χ1) is 12.8. The molecule has 0 fully saturated rings. The smallest absolute Gasteiger partial charge is 0.289 e. The lowest BCUT2D eigenvalue weighted by atomic mass is 10.1. The number of ketones is 1. The van der Waals surface area contributed by atoms with Gasteiger partial charge < -0.3 is 20.9 Å². The number of benzene rings is 1. The Bertz CT molecular complexity index is 661. The van der Waals surface area contributed by atoms with Gasteiger partial charge in [-0.1, -0.05) is 43.7 Å². The van der Waals surface area contributed by atoms with E-state index in [0.29, 0.717) is 12.0 Å². The van der Waals surface area contributed by atoms with Gasteiger partial charge in [0.25, 0.3) is 5.91 Å². The predicted octanol–water partition coefficient (Wildman–Crippen LogP) is 0.00550. The number of carbonyl (C=O) groups is 4. The second-order valence-corrected chi connectivity index (χ2v) is 6.32. The highest BCUT2D eigenvalue weighted by Gasteiger charge is 2.26. The molecule has 27 heavy (non-hydrogen) atoms. The Labute approximate surface area is 159 Å². The minimum atomic E-state index is -0.869. The van der Waals surface area contributed by atoms with Crippen molar-refractivity contribution < 1.29 is 19.2 Å². The molecule has 3 amide bonds. The van der Waals surface area contributed by atoms with Gasteiger partial charge in [-0.15, -0.1) is 0 Å². The van der Waals surface area contributed by atoms with Crippen LogP contribution in [0.4, 0.5) is 0 Å². The lowest BCUT2D eigenvalue weighted by molar-refractivity contribution is -0.140. The first kappa shape index (κ1) is 22.3. The first-order valence-corrected chi connectivity index (χ1v) is 8.86. The number of carbonyl (C=O) groups excluding carboxylic acids is 4. The Morgan fingerprint density at radius 2 is 1.70 bits per heavy atom. The van der Waals surface area contributed by atoms with Crippen molar-refractivity contribution in [3.05, 3.63) is 35.9 Å². The summed E-state index contributed by atoms with van der Waals surface area (Å²) in [7, 11) is 4.79. The molecule has 148 valence electrons. The zero-order chi connectivity index (χ0) is 20.4. The molecule has 0 saturated carbocycles. The normalized spacial score (nSPS) is 12.6. The van der Waals surface area contributed by atoms with Gasteiger partial charge in [0.1, 0.15) is 6.04 Å². The molecule has 0 aromatic heterocycles. The van der Waals surface area contributed by atoms with E-state index in [1.54, 1.807) is 45.4 Å². The Morgan fingerprint density at radius 3 is 2.22 bits per heavy atom. The summed E-state index contributed by atoms with van der Waals surface area (Å²) >= 11 is 0. The lowest BCUT2D eigenvalue weighted by Crippen LogP contribution is -2.48. The van der Waals surface area contributed by atoms with Crippen molar-refractivity contribution in [3.63, 3.8) is 0 Å². The van der Waals surface area contributed by atoms with Gasteiger partial charge in [0, 0.05) is 14.1 Å². The molecular weight excluding hydrogens is 348 g/mol. The van der Waals surface area contributed by atoms with Crippen molar-refractivity contribution in [1.82, 2.24) is 20.9 Å². The maximum atomic E-state index is 12.4. The molecule has 3 N–H and O–H groups in total. The van der Waals surface area contributed by atoms with Gasteiger partial charge in [-0.05, 0) is 19.0 Å². The van der Waals surface area contributed by atoms with Crippen LogP contribution in [0, 0.1) is 0 Å². The maximum absolute atomic E-state index is 12.4. The van der Waals surface area contributed by atoms with E-state index >= 15 is 0 Å². The molecule has 0 aliphatic rings. The number of Topliss-reactive ketones (excluding diaryl/α,β-unsaturated/α-hetero) is 1. The van der Waals surface area contributed by atoms with E-state index in [1.165, 1.54) is 4.90 Å². The van der Waals surface area contributed by atoms with Crippen LogP contribution in [-0.2, 0) is 19.2 Å². The summed E-state index contributed by atoms with van der Waals surface area (Å²) in [5, 5.41) is 7.71. The second kappa shape index (κ2) is 11.1. The molecule has 0 spiro atoms. The van der Waals surface area contributed by atoms with Crippen LogP contribution in [0.5, 0.6) is 0 Å². The van der Waals surface area contributed by atoms with Gasteiger partial charge in [0.2, 0.25) is 17.6 Å². The number of rotatable bonds is 10. The number of likely N-dealkylation sites (N-methyl/N-ethyl adjacent to an activating group) is 2. The molecule has 0 saturated heterocycles. The van der Waals surface area contributed by atoms with Gasteiger partial charge in [0.05, 0.1) is 12.6 Å². The van der Waals surface area contributed by atoms with Crippen LogP contribution in [0.3, 0.4) is 0 Å². The molecule has 0 unspecified atom stereocenters. The monoisotopic (exact) mass is 376 g/mol. The fourth-order valence-corrected chi connectivity index (χ4v) is 2.50. The molecule has 1 rings (SSSR count). The van der Waals surface area contributed by atoms with Gasteiger partial charge in [-0.3, -0.25) is 19.2 Å². The zero-order valence-corrected chi connectivity index (χ0v) is 16.2. The van der Waals surface area contributed by atoms with Crippen LogP contribution in [-0.4, -0.2) is 62.1 Å². The number of amides is 3. The molecule has 1 aromatic carbocycles. The third-order valence-corrected chi connectivity index (χ3v) is 4.00. The van der Waals surface area contributed by atoms with E-state index in [4.69, 9.17) is 0 Å². The largest absolute Gasteiger partial charge is 0.347 e. The van der Waals surface area contributed by atoms with Crippen molar-refractivity contribution in [1.29, 1.82) is 0 Å². The zero-order valence-electron chi connectivity index (χ0n) is 16.2. The fraction of sp³-hybridized carbons (Fsp3) is 0.474. The molecule has 8 heteroatoms. The Morgan fingerprint density at radius 1 is 1.07 bits per heavy atom. The number of nitrogens with one attached hydrogen (secondary N) is 3.